The Morgan fingerprint density at radius 1 is 1.16 bits per heavy atom. The van der Waals surface area contributed by atoms with Crippen molar-refractivity contribution in [3.05, 3.63) is 65.6 Å². The van der Waals surface area contributed by atoms with Crippen molar-refractivity contribution in [2.45, 2.75) is 25.2 Å². The van der Waals surface area contributed by atoms with Gasteiger partial charge in [0.2, 0.25) is 0 Å². The highest BCUT2D eigenvalue weighted by atomic mass is 16.3. The number of Topliss-reactive ketones (excluding diaryl/α,β-unsaturated/α-hetero) is 1. The van der Waals surface area contributed by atoms with Crippen LogP contribution in [-0.2, 0) is 4.79 Å². The minimum absolute atomic E-state index is 0.181. The molecule has 0 saturated heterocycles. The molecule has 0 spiro atoms. The Morgan fingerprint density at radius 3 is 2.74 bits per heavy atom. The number of hydrogen-bond acceptors (Lipinski definition) is 2. The second-order valence-electron chi connectivity index (χ2n) is 4.94. The average molecular weight is 252 g/mol. The molecule has 1 fully saturated rings. The predicted molar refractivity (Wildman–Crippen MR) is 74.7 cm³/mol. The van der Waals surface area contributed by atoms with Gasteiger partial charge >= 0.3 is 0 Å². The number of ketones is 1. The summed E-state index contributed by atoms with van der Waals surface area (Å²) in [4.78, 5) is 12.2. The van der Waals surface area contributed by atoms with E-state index in [-0.39, 0.29) is 11.7 Å². The minimum Gasteiger partial charge on any atom is -0.472 e. The zero-order chi connectivity index (χ0) is 13.1. The third-order valence-electron chi connectivity index (χ3n) is 3.66. The Kier molecular flexibility index (Phi) is 3.32. The smallest absolute Gasteiger partial charge is 0.159 e. The highest BCUT2D eigenvalue weighted by Crippen LogP contribution is 2.36. The lowest BCUT2D eigenvalue weighted by Crippen LogP contribution is -2.17. The van der Waals surface area contributed by atoms with E-state index in [1.807, 2.05) is 42.5 Å². The van der Waals surface area contributed by atoms with Crippen LogP contribution in [0.15, 0.2) is 58.9 Å². The van der Waals surface area contributed by atoms with Crippen LogP contribution in [0.25, 0.3) is 6.08 Å². The Bertz CT molecular complexity index is 579. The van der Waals surface area contributed by atoms with Gasteiger partial charge in [-0.3, -0.25) is 4.79 Å². The summed E-state index contributed by atoms with van der Waals surface area (Å²) in [6, 6.07) is 12.0. The molecule has 2 aromatic rings. The summed E-state index contributed by atoms with van der Waals surface area (Å²) >= 11 is 0. The van der Waals surface area contributed by atoms with E-state index in [1.165, 1.54) is 0 Å². The van der Waals surface area contributed by atoms with Crippen molar-refractivity contribution < 1.29 is 9.21 Å². The molecule has 3 rings (SSSR count). The first-order valence-electron chi connectivity index (χ1n) is 6.66. The molecule has 19 heavy (non-hydrogen) atoms. The maximum absolute atomic E-state index is 12.2. The molecule has 1 saturated carbocycles. The van der Waals surface area contributed by atoms with Gasteiger partial charge in [-0.25, -0.2) is 0 Å². The van der Waals surface area contributed by atoms with Gasteiger partial charge in [0, 0.05) is 17.9 Å². The van der Waals surface area contributed by atoms with Crippen molar-refractivity contribution >= 4 is 11.9 Å². The standard InChI is InChI=1S/C17H16O2/c18-17-8-4-7-15(14-9-10-19-12-14)16(17)11-13-5-2-1-3-6-13/h1-3,5-6,9-12,15H,4,7-8H2. The molecule has 1 atom stereocenters. The van der Waals surface area contributed by atoms with Gasteiger partial charge in [0.15, 0.2) is 5.78 Å². The largest absolute Gasteiger partial charge is 0.472 e. The SMILES string of the molecule is O=C1CCCC(c2ccoc2)C1=Cc1ccccc1. The van der Waals surface area contributed by atoms with E-state index in [4.69, 9.17) is 4.42 Å². The fourth-order valence-electron chi connectivity index (χ4n) is 2.69. The van der Waals surface area contributed by atoms with Gasteiger partial charge in [0.05, 0.1) is 12.5 Å². The van der Waals surface area contributed by atoms with Gasteiger partial charge in [-0.05, 0) is 36.1 Å². The van der Waals surface area contributed by atoms with Gasteiger partial charge in [-0.1, -0.05) is 30.3 Å². The number of carbonyl (C=O) groups excluding carboxylic acids is 1. The van der Waals surface area contributed by atoms with Crippen molar-refractivity contribution in [2.75, 3.05) is 0 Å². The van der Waals surface area contributed by atoms with E-state index < -0.39 is 0 Å². The molecule has 2 heteroatoms. The Morgan fingerprint density at radius 2 is 2.00 bits per heavy atom. The number of furan rings is 1. The van der Waals surface area contributed by atoms with E-state index in [0.29, 0.717) is 6.42 Å². The van der Waals surface area contributed by atoms with Crippen molar-refractivity contribution in [3.63, 3.8) is 0 Å². The van der Waals surface area contributed by atoms with E-state index in [1.54, 1.807) is 12.5 Å². The molecule has 96 valence electrons. The Labute approximate surface area is 112 Å². The van der Waals surface area contributed by atoms with E-state index in [0.717, 1.165) is 29.5 Å². The van der Waals surface area contributed by atoms with Crippen molar-refractivity contribution in [2.24, 2.45) is 0 Å². The molecule has 1 aromatic carbocycles. The summed E-state index contributed by atoms with van der Waals surface area (Å²) in [5.74, 6) is 0.446. The van der Waals surface area contributed by atoms with Crippen LogP contribution >= 0.6 is 0 Å². The minimum atomic E-state index is 0.181. The molecule has 1 aromatic heterocycles. The molecule has 1 aliphatic carbocycles. The molecule has 2 nitrogen and oxygen atoms in total. The van der Waals surface area contributed by atoms with Gasteiger partial charge in [-0.2, -0.15) is 0 Å². The fraction of sp³-hybridized carbons (Fsp3) is 0.235. The monoisotopic (exact) mass is 252 g/mol. The van der Waals surface area contributed by atoms with Gasteiger partial charge in [0.1, 0.15) is 0 Å². The molecule has 1 unspecified atom stereocenters. The van der Waals surface area contributed by atoms with Crippen molar-refractivity contribution in [1.29, 1.82) is 0 Å². The maximum Gasteiger partial charge on any atom is 0.159 e. The van der Waals surface area contributed by atoms with Crippen LogP contribution < -0.4 is 0 Å². The van der Waals surface area contributed by atoms with Crippen LogP contribution in [0.3, 0.4) is 0 Å². The van der Waals surface area contributed by atoms with Crippen LogP contribution in [0.1, 0.15) is 36.3 Å². The lowest BCUT2D eigenvalue weighted by molar-refractivity contribution is -0.116. The predicted octanol–water partition coefficient (Wildman–Crippen LogP) is 4.20. The number of benzene rings is 1. The first kappa shape index (κ1) is 12.0. The molecule has 0 bridgehead atoms. The third-order valence-corrected chi connectivity index (χ3v) is 3.66. The first-order valence-corrected chi connectivity index (χ1v) is 6.66. The molecular weight excluding hydrogens is 236 g/mol. The van der Waals surface area contributed by atoms with Crippen LogP contribution in [0.4, 0.5) is 0 Å². The normalized spacial score (nSPS) is 21.8. The van der Waals surface area contributed by atoms with Crippen LogP contribution in [0, 0.1) is 0 Å². The molecule has 0 N–H and O–H groups in total. The van der Waals surface area contributed by atoms with Crippen molar-refractivity contribution in [3.8, 4) is 0 Å². The van der Waals surface area contributed by atoms with Gasteiger partial charge < -0.3 is 4.42 Å². The molecule has 1 aliphatic rings. The van der Waals surface area contributed by atoms with Crippen molar-refractivity contribution in [1.82, 2.24) is 0 Å². The fourth-order valence-corrected chi connectivity index (χ4v) is 2.69. The number of carbonyl (C=O) groups is 1. The average Bonchev–Trinajstić information content (AvgIpc) is 2.96. The highest BCUT2D eigenvalue weighted by molar-refractivity contribution is 6.01. The van der Waals surface area contributed by atoms with Gasteiger partial charge in [0.25, 0.3) is 0 Å². The lowest BCUT2D eigenvalue weighted by Gasteiger charge is -2.23. The quantitative estimate of drug-likeness (QED) is 0.750. The summed E-state index contributed by atoms with van der Waals surface area (Å²) in [6.07, 6.45) is 8.09. The molecular formula is C17H16O2. The molecule has 0 amide bonds. The highest BCUT2D eigenvalue weighted by Gasteiger charge is 2.27. The van der Waals surface area contributed by atoms with E-state index in [9.17, 15) is 4.79 Å². The zero-order valence-corrected chi connectivity index (χ0v) is 10.7. The van der Waals surface area contributed by atoms with E-state index in [2.05, 4.69) is 0 Å². The topological polar surface area (TPSA) is 30.2 Å². The maximum atomic E-state index is 12.2. The van der Waals surface area contributed by atoms with Crippen LogP contribution in [-0.4, -0.2) is 5.78 Å². The molecule has 0 aliphatic heterocycles. The zero-order valence-electron chi connectivity index (χ0n) is 10.7. The van der Waals surface area contributed by atoms with E-state index >= 15 is 0 Å². The first-order chi connectivity index (χ1) is 9.34. The number of rotatable bonds is 2. The van der Waals surface area contributed by atoms with Crippen LogP contribution in [0.2, 0.25) is 0 Å². The lowest BCUT2D eigenvalue weighted by atomic mass is 9.79. The summed E-state index contributed by atoms with van der Waals surface area (Å²) in [5, 5.41) is 0. The second-order valence-corrected chi connectivity index (χ2v) is 4.94. The molecule has 1 heterocycles. The Balaban J connectivity index is 1.99. The van der Waals surface area contributed by atoms with Crippen LogP contribution in [0.5, 0.6) is 0 Å². The number of hydrogen-bond donors (Lipinski definition) is 0. The summed E-state index contributed by atoms with van der Waals surface area (Å²) in [7, 11) is 0. The second kappa shape index (κ2) is 5.27. The third kappa shape index (κ3) is 2.53. The van der Waals surface area contributed by atoms with Gasteiger partial charge in [-0.15, -0.1) is 0 Å². The molecule has 0 radical (unpaired) electrons. The summed E-state index contributed by atoms with van der Waals surface area (Å²) in [5.41, 5.74) is 3.11. The Hall–Kier alpha value is -2.09. The number of allylic oxidation sites excluding steroid dienone is 1. The summed E-state index contributed by atoms with van der Waals surface area (Å²) < 4.78 is 5.16. The summed E-state index contributed by atoms with van der Waals surface area (Å²) in [6.45, 7) is 0.